The van der Waals surface area contributed by atoms with E-state index < -0.39 is 6.10 Å². The molecule has 1 N–H and O–H groups in total. The van der Waals surface area contributed by atoms with E-state index in [0.29, 0.717) is 19.1 Å². The Morgan fingerprint density at radius 2 is 1.83 bits per heavy atom. The van der Waals surface area contributed by atoms with Crippen LogP contribution in [-0.4, -0.2) is 56.1 Å². The van der Waals surface area contributed by atoms with Gasteiger partial charge >= 0.3 is 0 Å². The maximum Gasteiger partial charge on any atom is 0.122 e. The van der Waals surface area contributed by atoms with Crippen molar-refractivity contribution < 1.29 is 19.3 Å². The lowest BCUT2D eigenvalue weighted by atomic mass is 10.1. The number of ether oxygens (including phenoxy) is 3. The maximum absolute atomic E-state index is 10.2. The third-order valence-electron chi connectivity index (χ3n) is 3.95. The monoisotopic (exact) mass is 335 g/mol. The summed E-state index contributed by atoms with van der Waals surface area (Å²) in [6.45, 7) is 5.93. The van der Waals surface area contributed by atoms with E-state index in [0.717, 1.165) is 23.5 Å². The molecule has 1 rings (SSSR count). The molecule has 1 aromatic rings. The van der Waals surface area contributed by atoms with Crippen LogP contribution in [0.5, 0.6) is 11.5 Å². The van der Waals surface area contributed by atoms with Gasteiger partial charge in [-0.3, -0.25) is 4.90 Å². The molecule has 5 nitrogen and oxygen atoms in total. The molecule has 0 aliphatic carbocycles. The molecule has 0 amide bonds. The molecular weight excluding hydrogens is 306 g/mol. The normalized spacial score (nSPS) is 13.4. The standard InChI is InChI=1S/C19H29NO4/c1-6-8-24-14-17(21)13-20(15(3)7-2)12-16-9-18(22-4)11-19(10-16)23-5/h1,9-11,15,17,21H,7-8,12-14H2,2-5H3. The molecule has 0 radical (unpaired) electrons. The molecule has 1 aromatic carbocycles. The Bertz CT molecular complexity index is 504. The first-order chi connectivity index (χ1) is 11.5. The predicted octanol–water partition coefficient (Wildman–Crippen LogP) is 2.31. The van der Waals surface area contributed by atoms with E-state index in [1.54, 1.807) is 14.2 Å². The van der Waals surface area contributed by atoms with Crippen LogP contribution in [0.4, 0.5) is 0 Å². The second kappa shape index (κ2) is 10.9. The van der Waals surface area contributed by atoms with Gasteiger partial charge < -0.3 is 19.3 Å². The quantitative estimate of drug-likeness (QED) is 0.497. The van der Waals surface area contributed by atoms with E-state index in [1.807, 2.05) is 18.2 Å². The van der Waals surface area contributed by atoms with Crippen molar-refractivity contribution in [3.8, 4) is 23.8 Å². The van der Waals surface area contributed by atoms with Gasteiger partial charge in [0.05, 0.1) is 26.9 Å². The highest BCUT2D eigenvalue weighted by molar-refractivity contribution is 5.38. The zero-order valence-electron chi connectivity index (χ0n) is 15.1. The van der Waals surface area contributed by atoms with Crippen molar-refractivity contribution in [1.29, 1.82) is 0 Å². The van der Waals surface area contributed by atoms with Crippen LogP contribution in [-0.2, 0) is 11.3 Å². The zero-order valence-corrected chi connectivity index (χ0v) is 15.1. The number of benzene rings is 1. The molecule has 0 aliphatic rings. The van der Waals surface area contributed by atoms with E-state index in [1.165, 1.54) is 0 Å². The fourth-order valence-corrected chi connectivity index (χ4v) is 2.43. The lowest BCUT2D eigenvalue weighted by Crippen LogP contribution is -2.40. The summed E-state index contributed by atoms with van der Waals surface area (Å²) in [6, 6.07) is 6.14. The van der Waals surface area contributed by atoms with Crippen molar-refractivity contribution >= 4 is 0 Å². The first kappa shape index (κ1) is 20.3. The van der Waals surface area contributed by atoms with Crippen molar-refractivity contribution in [3.63, 3.8) is 0 Å². The van der Waals surface area contributed by atoms with Crippen LogP contribution in [0.25, 0.3) is 0 Å². The Hall–Kier alpha value is -1.74. The van der Waals surface area contributed by atoms with Gasteiger partial charge in [-0.2, -0.15) is 0 Å². The number of rotatable bonds is 11. The van der Waals surface area contributed by atoms with Gasteiger partial charge in [-0.25, -0.2) is 0 Å². The van der Waals surface area contributed by atoms with E-state index in [-0.39, 0.29) is 13.2 Å². The molecule has 24 heavy (non-hydrogen) atoms. The fraction of sp³-hybridized carbons (Fsp3) is 0.579. The highest BCUT2D eigenvalue weighted by atomic mass is 16.5. The largest absolute Gasteiger partial charge is 0.497 e. The second-order valence-electron chi connectivity index (χ2n) is 5.78. The Morgan fingerprint density at radius 3 is 2.33 bits per heavy atom. The van der Waals surface area contributed by atoms with E-state index in [9.17, 15) is 5.11 Å². The van der Waals surface area contributed by atoms with Crippen LogP contribution < -0.4 is 9.47 Å². The summed E-state index contributed by atoms with van der Waals surface area (Å²) in [5, 5.41) is 10.2. The number of nitrogens with zero attached hydrogens (tertiary/aromatic N) is 1. The molecule has 0 bridgehead atoms. The summed E-state index contributed by atoms with van der Waals surface area (Å²) in [5.74, 6) is 3.91. The molecule has 0 aromatic heterocycles. The van der Waals surface area contributed by atoms with Crippen LogP contribution >= 0.6 is 0 Å². The third-order valence-corrected chi connectivity index (χ3v) is 3.95. The molecule has 5 heteroatoms. The van der Waals surface area contributed by atoms with Crippen LogP contribution in [0.15, 0.2) is 18.2 Å². The Kier molecular flexibility index (Phi) is 9.24. The van der Waals surface area contributed by atoms with Gasteiger partial charge in [0.25, 0.3) is 0 Å². The summed E-state index contributed by atoms with van der Waals surface area (Å²) in [5.41, 5.74) is 1.07. The molecule has 0 saturated carbocycles. The van der Waals surface area contributed by atoms with Crippen molar-refractivity contribution in [3.05, 3.63) is 23.8 Å². The predicted molar refractivity (Wildman–Crippen MR) is 95.4 cm³/mol. The SMILES string of the molecule is C#CCOCC(O)CN(Cc1cc(OC)cc(OC)c1)C(C)CC. The van der Waals surface area contributed by atoms with Gasteiger partial charge in [-0.1, -0.05) is 12.8 Å². The average Bonchev–Trinajstić information content (AvgIpc) is 2.60. The summed E-state index contributed by atoms with van der Waals surface area (Å²) < 4.78 is 15.9. The molecule has 0 saturated heterocycles. The zero-order chi connectivity index (χ0) is 17.9. The smallest absolute Gasteiger partial charge is 0.122 e. The van der Waals surface area contributed by atoms with E-state index in [4.69, 9.17) is 20.6 Å². The molecular formula is C19H29NO4. The average molecular weight is 335 g/mol. The Balaban J connectivity index is 2.80. The maximum atomic E-state index is 10.2. The minimum absolute atomic E-state index is 0.216. The van der Waals surface area contributed by atoms with Crippen LogP contribution in [0.1, 0.15) is 25.8 Å². The van der Waals surface area contributed by atoms with Crippen LogP contribution in [0.2, 0.25) is 0 Å². The van der Waals surface area contributed by atoms with Gasteiger partial charge in [0.15, 0.2) is 0 Å². The molecule has 2 atom stereocenters. The summed E-state index contributed by atoms with van der Waals surface area (Å²) >= 11 is 0. The second-order valence-corrected chi connectivity index (χ2v) is 5.78. The molecule has 0 spiro atoms. The number of hydrogen-bond donors (Lipinski definition) is 1. The van der Waals surface area contributed by atoms with Gasteiger partial charge in [0.2, 0.25) is 0 Å². The Labute approximate surface area is 145 Å². The van der Waals surface area contributed by atoms with E-state index >= 15 is 0 Å². The number of hydrogen-bond acceptors (Lipinski definition) is 5. The Morgan fingerprint density at radius 1 is 1.21 bits per heavy atom. The summed E-state index contributed by atoms with van der Waals surface area (Å²) in [7, 11) is 3.27. The third kappa shape index (κ3) is 6.79. The minimum Gasteiger partial charge on any atom is -0.497 e. The molecule has 2 unspecified atom stereocenters. The fourth-order valence-electron chi connectivity index (χ4n) is 2.43. The molecule has 0 heterocycles. The van der Waals surface area contributed by atoms with Crippen LogP contribution in [0.3, 0.4) is 0 Å². The van der Waals surface area contributed by atoms with Gasteiger partial charge in [-0.05, 0) is 31.0 Å². The number of aliphatic hydroxyl groups excluding tert-OH is 1. The topological polar surface area (TPSA) is 51.2 Å². The van der Waals surface area contributed by atoms with Gasteiger partial charge in [0.1, 0.15) is 18.1 Å². The molecule has 134 valence electrons. The number of aliphatic hydroxyl groups is 1. The number of methoxy groups -OCH3 is 2. The van der Waals surface area contributed by atoms with Crippen molar-refractivity contribution in [2.75, 3.05) is 34.0 Å². The lowest BCUT2D eigenvalue weighted by molar-refractivity contribution is 0.0170. The van der Waals surface area contributed by atoms with E-state index in [2.05, 4.69) is 24.7 Å². The van der Waals surface area contributed by atoms with Gasteiger partial charge in [-0.15, -0.1) is 6.42 Å². The summed E-state index contributed by atoms with van der Waals surface area (Å²) in [4.78, 5) is 2.22. The van der Waals surface area contributed by atoms with Crippen molar-refractivity contribution in [2.45, 2.75) is 39.0 Å². The highest BCUT2D eigenvalue weighted by Crippen LogP contribution is 2.24. The molecule has 0 fully saturated rings. The van der Waals surface area contributed by atoms with Crippen LogP contribution in [0, 0.1) is 12.3 Å². The highest BCUT2D eigenvalue weighted by Gasteiger charge is 2.18. The molecule has 0 aliphatic heterocycles. The van der Waals surface area contributed by atoms with Crippen molar-refractivity contribution in [2.24, 2.45) is 0 Å². The number of terminal acetylenes is 1. The minimum atomic E-state index is -0.583. The van der Waals surface area contributed by atoms with Crippen molar-refractivity contribution in [1.82, 2.24) is 4.90 Å². The lowest BCUT2D eigenvalue weighted by Gasteiger charge is -2.30. The van der Waals surface area contributed by atoms with Gasteiger partial charge in [0, 0.05) is 25.2 Å². The first-order valence-corrected chi connectivity index (χ1v) is 8.19. The summed E-state index contributed by atoms with van der Waals surface area (Å²) in [6.07, 6.45) is 5.55. The first-order valence-electron chi connectivity index (χ1n) is 8.19.